The molecule has 0 aliphatic rings. The molecule has 4 heteroatoms. The van der Waals surface area contributed by atoms with E-state index in [1.165, 1.54) is 0 Å². The fraction of sp³-hybridized carbons (Fsp3) is 0.889. The summed E-state index contributed by atoms with van der Waals surface area (Å²) >= 11 is 0. The molecule has 0 aromatic carbocycles. The summed E-state index contributed by atoms with van der Waals surface area (Å²) in [6, 6.07) is 0. The summed E-state index contributed by atoms with van der Waals surface area (Å²) in [6.07, 6.45) is 1.58. The zero-order valence-corrected chi connectivity index (χ0v) is 8.68. The Morgan fingerprint density at radius 2 is 2.15 bits per heavy atom. The number of nitrogens with two attached hydrogens (primary N) is 1. The van der Waals surface area contributed by atoms with Crippen LogP contribution in [0.3, 0.4) is 0 Å². The molecule has 0 saturated heterocycles. The van der Waals surface area contributed by atoms with E-state index < -0.39 is 0 Å². The monoisotopic (exact) mass is 187 g/mol. The van der Waals surface area contributed by atoms with Gasteiger partial charge in [-0.1, -0.05) is 6.92 Å². The van der Waals surface area contributed by atoms with Gasteiger partial charge in [0.25, 0.3) is 0 Å². The van der Waals surface area contributed by atoms with Crippen molar-refractivity contribution in [3.05, 3.63) is 0 Å². The number of carbonyl (C=O) groups is 1. The van der Waals surface area contributed by atoms with Gasteiger partial charge >= 0.3 is 0 Å². The molecule has 0 atom stereocenters. The van der Waals surface area contributed by atoms with Crippen LogP contribution < -0.4 is 11.1 Å². The second-order valence-corrected chi connectivity index (χ2v) is 3.00. The Morgan fingerprint density at radius 3 is 2.62 bits per heavy atom. The normalized spacial score (nSPS) is 10.5. The van der Waals surface area contributed by atoms with Gasteiger partial charge < -0.3 is 16.0 Å². The predicted molar refractivity (Wildman–Crippen MR) is 54.5 cm³/mol. The van der Waals surface area contributed by atoms with Crippen LogP contribution >= 0.6 is 0 Å². The van der Waals surface area contributed by atoms with Crippen molar-refractivity contribution in [3.8, 4) is 0 Å². The van der Waals surface area contributed by atoms with Crippen LogP contribution in [0, 0.1) is 0 Å². The summed E-state index contributed by atoms with van der Waals surface area (Å²) in [5.74, 6) is 0.103. The zero-order chi connectivity index (χ0) is 10.1. The highest BCUT2D eigenvalue weighted by Crippen LogP contribution is 1.92. The topological polar surface area (TPSA) is 58.4 Å². The molecule has 0 spiro atoms. The third-order valence-electron chi connectivity index (χ3n) is 2.06. The van der Waals surface area contributed by atoms with Crippen LogP contribution in [0.5, 0.6) is 0 Å². The SMILES string of the molecule is CCN(CCCN)CCC(=O)NC. The van der Waals surface area contributed by atoms with Gasteiger partial charge in [-0.3, -0.25) is 4.79 Å². The molecule has 3 N–H and O–H groups in total. The Balaban J connectivity index is 3.52. The van der Waals surface area contributed by atoms with E-state index in [2.05, 4.69) is 17.1 Å². The Labute approximate surface area is 80.5 Å². The molecule has 0 aromatic rings. The number of nitrogens with zero attached hydrogens (tertiary/aromatic N) is 1. The van der Waals surface area contributed by atoms with Crippen molar-refractivity contribution in [2.24, 2.45) is 5.73 Å². The van der Waals surface area contributed by atoms with Gasteiger partial charge in [0.15, 0.2) is 0 Å². The average Bonchev–Trinajstić information content (AvgIpc) is 2.17. The molecule has 0 aromatic heterocycles. The van der Waals surface area contributed by atoms with Gasteiger partial charge in [-0.2, -0.15) is 0 Å². The van der Waals surface area contributed by atoms with Crippen LogP contribution in [0.4, 0.5) is 0 Å². The van der Waals surface area contributed by atoms with Gasteiger partial charge in [0.1, 0.15) is 0 Å². The quantitative estimate of drug-likeness (QED) is 0.580. The highest BCUT2D eigenvalue weighted by molar-refractivity contribution is 5.75. The number of rotatable bonds is 7. The molecular weight excluding hydrogens is 166 g/mol. The minimum Gasteiger partial charge on any atom is -0.359 e. The molecule has 0 bridgehead atoms. The summed E-state index contributed by atoms with van der Waals surface area (Å²) in [4.78, 5) is 13.2. The lowest BCUT2D eigenvalue weighted by Gasteiger charge is -2.19. The Kier molecular flexibility index (Phi) is 7.63. The molecule has 0 unspecified atom stereocenters. The molecule has 78 valence electrons. The molecule has 0 heterocycles. The number of nitrogens with one attached hydrogen (secondary N) is 1. The van der Waals surface area contributed by atoms with E-state index in [0.717, 1.165) is 32.6 Å². The summed E-state index contributed by atoms with van der Waals surface area (Å²) in [5, 5.41) is 2.61. The average molecular weight is 187 g/mol. The van der Waals surface area contributed by atoms with E-state index >= 15 is 0 Å². The first kappa shape index (κ1) is 12.4. The Morgan fingerprint density at radius 1 is 1.46 bits per heavy atom. The highest BCUT2D eigenvalue weighted by Gasteiger charge is 2.04. The summed E-state index contributed by atoms with van der Waals surface area (Å²) < 4.78 is 0. The fourth-order valence-electron chi connectivity index (χ4n) is 1.13. The van der Waals surface area contributed by atoms with E-state index in [0.29, 0.717) is 6.42 Å². The molecule has 0 saturated carbocycles. The van der Waals surface area contributed by atoms with Crippen molar-refractivity contribution in [1.82, 2.24) is 10.2 Å². The minimum atomic E-state index is 0.103. The maximum Gasteiger partial charge on any atom is 0.221 e. The molecule has 0 aliphatic carbocycles. The zero-order valence-electron chi connectivity index (χ0n) is 8.68. The van der Waals surface area contributed by atoms with Crippen molar-refractivity contribution in [2.45, 2.75) is 19.8 Å². The fourth-order valence-corrected chi connectivity index (χ4v) is 1.13. The van der Waals surface area contributed by atoms with Crippen molar-refractivity contribution in [3.63, 3.8) is 0 Å². The van der Waals surface area contributed by atoms with Crippen molar-refractivity contribution >= 4 is 5.91 Å². The number of amides is 1. The van der Waals surface area contributed by atoms with Gasteiger partial charge in [-0.15, -0.1) is 0 Å². The standard InChI is InChI=1S/C9H21N3O/c1-3-12(7-4-6-10)8-5-9(13)11-2/h3-8,10H2,1-2H3,(H,11,13). The summed E-state index contributed by atoms with van der Waals surface area (Å²) in [7, 11) is 1.67. The maximum atomic E-state index is 10.9. The largest absolute Gasteiger partial charge is 0.359 e. The molecule has 0 aliphatic heterocycles. The lowest BCUT2D eigenvalue weighted by atomic mass is 10.3. The molecule has 1 amide bonds. The van der Waals surface area contributed by atoms with Gasteiger partial charge in [-0.05, 0) is 26.1 Å². The Hall–Kier alpha value is -0.610. The lowest BCUT2D eigenvalue weighted by molar-refractivity contribution is -0.120. The summed E-state index contributed by atoms with van der Waals surface area (Å²) in [6.45, 7) is 5.62. The molecule has 0 radical (unpaired) electrons. The van der Waals surface area contributed by atoms with Crippen LogP contribution in [0.25, 0.3) is 0 Å². The number of carbonyl (C=O) groups excluding carboxylic acids is 1. The molecule has 0 fully saturated rings. The first-order valence-electron chi connectivity index (χ1n) is 4.87. The van der Waals surface area contributed by atoms with Gasteiger partial charge in [0.05, 0.1) is 0 Å². The molecule has 13 heavy (non-hydrogen) atoms. The van der Waals surface area contributed by atoms with Gasteiger partial charge in [-0.25, -0.2) is 0 Å². The van der Waals surface area contributed by atoms with Crippen molar-refractivity contribution in [1.29, 1.82) is 0 Å². The Bertz CT molecular complexity index is 139. The van der Waals surface area contributed by atoms with Crippen LogP contribution in [0.2, 0.25) is 0 Å². The minimum absolute atomic E-state index is 0.103. The number of hydrogen-bond acceptors (Lipinski definition) is 3. The second kappa shape index (κ2) is 8.01. The molecule has 4 nitrogen and oxygen atoms in total. The van der Waals surface area contributed by atoms with Crippen LogP contribution in [-0.4, -0.2) is 44.0 Å². The van der Waals surface area contributed by atoms with E-state index in [9.17, 15) is 4.79 Å². The van der Waals surface area contributed by atoms with Crippen molar-refractivity contribution in [2.75, 3.05) is 33.2 Å². The summed E-state index contributed by atoms with van der Waals surface area (Å²) in [5.41, 5.74) is 5.41. The van der Waals surface area contributed by atoms with Crippen LogP contribution in [0.1, 0.15) is 19.8 Å². The lowest BCUT2D eigenvalue weighted by Crippen LogP contribution is -2.31. The number of hydrogen-bond donors (Lipinski definition) is 2. The van der Waals surface area contributed by atoms with E-state index in [4.69, 9.17) is 5.73 Å². The molecule has 0 rings (SSSR count). The van der Waals surface area contributed by atoms with Crippen LogP contribution in [-0.2, 0) is 4.79 Å². The van der Waals surface area contributed by atoms with Gasteiger partial charge in [0.2, 0.25) is 5.91 Å². The van der Waals surface area contributed by atoms with Gasteiger partial charge in [0, 0.05) is 20.0 Å². The predicted octanol–water partition coefficient (Wildman–Crippen LogP) is -0.207. The van der Waals surface area contributed by atoms with E-state index in [-0.39, 0.29) is 5.91 Å². The van der Waals surface area contributed by atoms with E-state index in [1.54, 1.807) is 7.05 Å². The maximum absolute atomic E-state index is 10.9. The third-order valence-corrected chi connectivity index (χ3v) is 2.06. The third kappa shape index (κ3) is 6.54. The van der Waals surface area contributed by atoms with Crippen LogP contribution in [0.15, 0.2) is 0 Å². The second-order valence-electron chi connectivity index (χ2n) is 3.00. The first-order chi connectivity index (χ1) is 6.24. The smallest absolute Gasteiger partial charge is 0.221 e. The van der Waals surface area contributed by atoms with Crippen molar-refractivity contribution < 1.29 is 4.79 Å². The highest BCUT2D eigenvalue weighted by atomic mass is 16.1. The van der Waals surface area contributed by atoms with E-state index in [1.807, 2.05) is 0 Å². The first-order valence-corrected chi connectivity index (χ1v) is 4.87. The molecular formula is C9H21N3O.